The Kier molecular flexibility index (Phi) is 2.08. The molecular weight excluding hydrogens is 178 g/mol. The van der Waals surface area contributed by atoms with E-state index in [1.165, 1.54) is 10.9 Å². The van der Waals surface area contributed by atoms with Gasteiger partial charge in [0.25, 0.3) is 0 Å². The third-order valence-electron chi connectivity index (χ3n) is 2.24. The molecule has 0 atom stereocenters. The predicted molar refractivity (Wildman–Crippen MR) is 59.6 cm³/mol. The molecule has 0 unspecified atom stereocenters. The Morgan fingerprint density at radius 1 is 1.23 bits per heavy atom. The van der Waals surface area contributed by atoms with Gasteiger partial charge in [0, 0.05) is 16.9 Å². The van der Waals surface area contributed by atoms with Crippen molar-refractivity contribution in [2.45, 2.75) is 24.9 Å². The van der Waals surface area contributed by atoms with E-state index >= 15 is 0 Å². The van der Waals surface area contributed by atoms with Crippen LogP contribution in [0.25, 0.3) is 10.9 Å². The van der Waals surface area contributed by atoms with Crippen molar-refractivity contribution in [2.24, 2.45) is 0 Å². The first-order valence-electron chi connectivity index (χ1n) is 4.49. The molecule has 0 saturated heterocycles. The van der Waals surface area contributed by atoms with Gasteiger partial charge in [0.05, 0.1) is 5.03 Å². The molecule has 2 heteroatoms. The van der Waals surface area contributed by atoms with Gasteiger partial charge in [0.2, 0.25) is 0 Å². The Bertz CT molecular complexity index is 429. The molecule has 0 aliphatic heterocycles. The summed E-state index contributed by atoms with van der Waals surface area (Å²) in [6.07, 6.45) is 0. The van der Waals surface area contributed by atoms with Crippen LogP contribution >= 0.6 is 12.6 Å². The minimum atomic E-state index is 0.465. The molecule has 0 N–H and O–H groups in total. The zero-order valence-electron chi connectivity index (χ0n) is 7.86. The summed E-state index contributed by atoms with van der Waals surface area (Å²) in [5.74, 6) is 0. The molecule has 0 aliphatic rings. The summed E-state index contributed by atoms with van der Waals surface area (Å²) in [4.78, 5) is 0. The summed E-state index contributed by atoms with van der Waals surface area (Å²) in [6.45, 7) is 4.35. The van der Waals surface area contributed by atoms with Crippen molar-refractivity contribution < 1.29 is 0 Å². The first-order chi connectivity index (χ1) is 6.20. The SMILES string of the molecule is CC(C)n1c(S)cc2ccccc21. The van der Waals surface area contributed by atoms with Crippen LogP contribution in [0.2, 0.25) is 0 Å². The maximum atomic E-state index is 4.46. The average molecular weight is 191 g/mol. The topological polar surface area (TPSA) is 4.93 Å². The molecule has 0 saturated carbocycles. The number of thiol groups is 1. The van der Waals surface area contributed by atoms with E-state index in [0.29, 0.717) is 6.04 Å². The molecule has 0 radical (unpaired) electrons. The second-order valence-electron chi connectivity index (χ2n) is 3.53. The Balaban J connectivity index is 2.78. The Labute approximate surface area is 83.8 Å². The number of rotatable bonds is 1. The van der Waals surface area contributed by atoms with Crippen molar-refractivity contribution in [2.75, 3.05) is 0 Å². The minimum Gasteiger partial charge on any atom is -0.333 e. The quantitative estimate of drug-likeness (QED) is 0.658. The molecule has 2 aromatic rings. The second-order valence-corrected chi connectivity index (χ2v) is 3.98. The van der Waals surface area contributed by atoms with Gasteiger partial charge in [-0.2, -0.15) is 0 Å². The van der Waals surface area contributed by atoms with Crippen molar-refractivity contribution in [3.63, 3.8) is 0 Å². The zero-order chi connectivity index (χ0) is 9.42. The number of hydrogen-bond acceptors (Lipinski definition) is 1. The standard InChI is InChI=1S/C11H13NS/c1-8(2)12-10-6-4-3-5-9(10)7-11(12)13/h3-8,13H,1-2H3. The van der Waals surface area contributed by atoms with Gasteiger partial charge in [-0.25, -0.2) is 0 Å². The van der Waals surface area contributed by atoms with Crippen LogP contribution in [0.4, 0.5) is 0 Å². The average Bonchev–Trinajstić information content (AvgIpc) is 2.39. The third-order valence-corrected chi connectivity index (χ3v) is 2.59. The monoisotopic (exact) mass is 191 g/mol. The fraction of sp³-hybridized carbons (Fsp3) is 0.273. The molecule has 0 spiro atoms. The number of fused-ring (bicyclic) bond motifs is 1. The van der Waals surface area contributed by atoms with Crippen LogP contribution in [0.3, 0.4) is 0 Å². The molecule has 2 rings (SSSR count). The van der Waals surface area contributed by atoms with Crippen molar-refractivity contribution in [1.82, 2.24) is 4.57 Å². The normalized spacial score (nSPS) is 11.4. The van der Waals surface area contributed by atoms with Crippen molar-refractivity contribution in [3.8, 4) is 0 Å². The van der Waals surface area contributed by atoms with E-state index in [0.717, 1.165) is 5.03 Å². The van der Waals surface area contributed by atoms with Crippen molar-refractivity contribution in [1.29, 1.82) is 0 Å². The first kappa shape index (κ1) is 8.70. The summed E-state index contributed by atoms with van der Waals surface area (Å²) < 4.78 is 2.23. The Morgan fingerprint density at radius 2 is 1.92 bits per heavy atom. The number of para-hydroxylation sites is 1. The van der Waals surface area contributed by atoms with Gasteiger partial charge in [-0.1, -0.05) is 18.2 Å². The molecule has 1 aromatic carbocycles. The van der Waals surface area contributed by atoms with Gasteiger partial charge in [-0.3, -0.25) is 0 Å². The number of hydrogen-bond donors (Lipinski definition) is 1. The van der Waals surface area contributed by atoms with Gasteiger partial charge < -0.3 is 4.57 Å². The maximum absolute atomic E-state index is 4.46. The Hall–Kier alpha value is -0.890. The van der Waals surface area contributed by atoms with Gasteiger partial charge >= 0.3 is 0 Å². The molecule has 1 aromatic heterocycles. The number of aromatic nitrogens is 1. The van der Waals surface area contributed by atoms with Crippen LogP contribution in [-0.4, -0.2) is 4.57 Å². The Morgan fingerprint density at radius 3 is 2.62 bits per heavy atom. The van der Waals surface area contributed by atoms with Gasteiger partial charge in [-0.15, -0.1) is 12.6 Å². The number of benzene rings is 1. The second kappa shape index (κ2) is 3.11. The highest BCUT2D eigenvalue weighted by atomic mass is 32.1. The lowest BCUT2D eigenvalue weighted by Crippen LogP contribution is -1.99. The first-order valence-corrected chi connectivity index (χ1v) is 4.94. The van der Waals surface area contributed by atoms with Gasteiger partial charge in [0.15, 0.2) is 0 Å². The number of nitrogens with zero attached hydrogens (tertiary/aromatic N) is 1. The lowest BCUT2D eigenvalue weighted by atomic mass is 10.2. The van der Waals surface area contributed by atoms with Crippen LogP contribution < -0.4 is 0 Å². The fourth-order valence-corrected chi connectivity index (χ4v) is 2.18. The van der Waals surface area contributed by atoms with E-state index in [4.69, 9.17) is 0 Å². The van der Waals surface area contributed by atoms with Gasteiger partial charge in [0.1, 0.15) is 0 Å². The van der Waals surface area contributed by atoms with E-state index in [1.807, 2.05) is 0 Å². The molecule has 13 heavy (non-hydrogen) atoms. The van der Waals surface area contributed by atoms with E-state index in [1.54, 1.807) is 0 Å². The molecule has 0 aliphatic carbocycles. The lowest BCUT2D eigenvalue weighted by molar-refractivity contribution is 0.581. The zero-order valence-corrected chi connectivity index (χ0v) is 8.75. The molecular formula is C11H13NS. The predicted octanol–water partition coefficient (Wildman–Crippen LogP) is 3.51. The fourth-order valence-electron chi connectivity index (χ4n) is 1.70. The van der Waals surface area contributed by atoms with E-state index < -0.39 is 0 Å². The molecule has 68 valence electrons. The smallest absolute Gasteiger partial charge is 0.0730 e. The summed E-state index contributed by atoms with van der Waals surface area (Å²) in [5, 5.41) is 2.30. The van der Waals surface area contributed by atoms with Crippen LogP contribution in [0, 0.1) is 0 Å². The summed E-state index contributed by atoms with van der Waals surface area (Å²) in [7, 11) is 0. The van der Waals surface area contributed by atoms with E-state index in [-0.39, 0.29) is 0 Å². The molecule has 0 amide bonds. The van der Waals surface area contributed by atoms with Crippen molar-refractivity contribution in [3.05, 3.63) is 30.3 Å². The highest BCUT2D eigenvalue weighted by molar-refractivity contribution is 7.80. The van der Waals surface area contributed by atoms with E-state index in [2.05, 4.69) is 61.4 Å². The van der Waals surface area contributed by atoms with E-state index in [9.17, 15) is 0 Å². The largest absolute Gasteiger partial charge is 0.333 e. The minimum absolute atomic E-state index is 0.465. The molecule has 1 heterocycles. The summed E-state index contributed by atoms with van der Waals surface area (Å²) in [5.41, 5.74) is 1.27. The summed E-state index contributed by atoms with van der Waals surface area (Å²) >= 11 is 4.46. The molecule has 0 bridgehead atoms. The summed E-state index contributed by atoms with van der Waals surface area (Å²) in [6, 6.07) is 10.9. The lowest BCUT2D eigenvalue weighted by Gasteiger charge is -2.11. The third kappa shape index (κ3) is 1.35. The van der Waals surface area contributed by atoms with Crippen molar-refractivity contribution >= 4 is 23.5 Å². The maximum Gasteiger partial charge on any atom is 0.0730 e. The molecule has 0 fully saturated rings. The highest BCUT2D eigenvalue weighted by Crippen LogP contribution is 2.25. The van der Waals surface area contributed by atoms with Crippen LogP contribution in [0.5, 0.6) is 0 Å². The van der Waals surface area contributed by atoms with Gasteiger partial charge in [-0.05, 0) is 26.0 Å². The van der Waals surface area contributed by atoms with Crippen LogP contribution in [-0.2, 0) is 0 Å². The molecule has 1 nitrogen and oxygen atoms in total. The highest BCUT2D eigenvalue weighted by Gasteiger charge is 2.07. The van der Waals surface area contributed by atoms with Crippen LogP contribution in [0.15, 0.2) is 35.4 Å². The van der Waals surface area contributed by atoms with Crippen LogP contribution in [0.1, 0.15) is 19.9 Å².